The quantitative estimate of drug-likeness (QED) is 0.152. The Balaban J connectivity index is 1.42. The second-order valence-corrected chi connectivity index (χ2v) is 31.1. The molecule has 0 unspecified atom stereocenters. The summed E-state index contributed by atoms with van der Waals surface area (Å²) in [6, 6.07) is -7.68. The van der Waals surface area contributed by atoms with Crippen molar-refractivity contribution in [2.45, 2.75) is 256 Å². The molecule has 3 heterocycles. The molecule has 25 nitrogen and oxygen atoms in total. The van der Waals surface area contributed by atoms with Crippen molar-refractivity contribution in [3.63, 3.8) is 0 Å². The number of halogens is 4. The van der Waals surface area contributed by atoms with Gasteiger partial charge < -0.3 is 65.6 Å². The van der Waals surface area contributed by atoms with Gasteiger partial charge in [0.25, 0.3) is 0 Å². The molecule has 101 heavy (non-hydrogen) atoms. The van der Waals surface area contributed by atoms with Gasteiger partial charge in [0, 0.05) is 66.3 Å². The van der Waals surface area contributed by atoms with Crippen molar-refractivity contribution in [3.05, 3.63) is 34.3 Å². The number of benzene rings is 1. The molecule has 1 aromatic carbocycles. The molecule has 29 heteroatoms. The number of nitrogens with zero attached hydrogens (tertiary/aromatic N) is 7. The lowest BCUT2D eigenvalue weighted by atomic mass is 9.84. The number of carbonyl (C=O) groups excluding carboxylic acids is 12. The Morgan fingerprint density at radius 1 is 0.693 bits per heavy atom. The first-order chi connectivity index (χ1) is 47.2. The molecule has 3 aliphatic heterocycles. The zero-order valence-corrected chi connectivity index (χ0v) is 62.7. The van der Waals surface area contributed by atoms with Gasteiger partial charge in [-0.05, 0) is 127 Å². The average Bonchev–Trinajstić information content (AvgIpc) is 1.76. The van der Waals surface area contributed by atoms with Crippen LogP contribution in [0.5, 0.6) is 0 Å². The van der Waals surface area contributed by atoms with E-state index >= 15 is 28.8 Å². The van der Waals surface area contributed by atoms with Gasteiger partial charge in [-0.3, -0.25) is 57.5 Å². The second kappa shape index (κ2) is 35.9. The van der Waals surface area contributed by atoms with Crippen molar-refractivity contribution in [3.8, 4) is 0 Å². The first-order valence-electron chi connectivity index (χ1n) is 36.1. The number of hydrogen-bond donors (Lipinski definition) is 5. The topological polar surface area (TPSA) is 297 Å². The number of ether oxygens (including phenoxy) is 1. The van der Waals surface area contributed by atoms with Crippen molar-refractivity contribution in [2.75, 3.05) is 68.1 Å². The lowest BCUT2D eigenvalue weighted by molar-refractivity contribution is -0.162. The van der Waals surface area contributed by atoms with Gasteiger partial charge in [0.15, 0.2) is 0 Å². The second-order valence-electron chi connectivity index (χ2n) is 30.7. The molecule has 10 atom stereocenters. The predicted octanol–water partition coefficient (Wildman–Crippen LogP) is 5.61. The number of fused-ring (bicyclic) bond motifs is 2. The molecule has 6 rings (SSSR count). The van der Waals surface area contributed by atoms with Crippen LogP contribution in [-0.2, 0) is 74.9 Å². The average molecular weight is 1450 g/mol. The first kappa shape index (κ1) is 82.9. The van der Waals surface area contributed by atoms with Crippen LogP contribution >= 0.6 is 11.6 Å². The molecular formula is C72H112ClF3N12O13. The number of amides is 12. The van der Waals surface area contributed by atoms with E-state index in [1.165, 1.54) is 65.8 Å². The summed E-state index contributed by atoms with van der Waals surface area (Å²) in [7, 11) is 7.11. The predicted molar refractivity (Wildman–Crippen MR) is 373 cm³/mol. The summed E-state index contributed by atoms with van der Waals surface area (Å²) >= 11 is 6.15. The summed E-state index contributed by atoms with van der Waals surface area (Å²) in [4.78, 5) is 186. The Bertz CT molecular complexity index is 3160. The van der Waals surface area contributed by atoms with Gasteiger partial charge in [-0.25, -0.2) is 0 Å². The van der Waals surface area contributed by atoms with Gasteiger partial charge in [0.2, 0.25) is 70.9 Å². The Hall–Kier alpha value is -7.10. The summed E-state index contributed by atoms with van der Waals surface area (Å²) < 4.78 is 47.5. The first-order valence-corrected chi connectivity index (χ1v) is 36.5. The van der Waals surface area contributed by atoms with E-state index in [-0.39, 0.29) is 82.7 Å². The lowest BCUT2D eigenvalue weighted by Gasteiger charge is -2.45. The van der Waals surface area contributed by atoms with Gasteiger partial charge in [-0.15, -0.1) is 0 Å². The van der Waals surface area contributed by atoms with Gasteiger partial charge in [-0.2, -0.15) is 13.2 Å². The fourth-order valence-electron chi connectivity index (χ4n) is 14.8. The summed E-state index contributed by atoms with van der Waals surface area (Å²) in [6.45, 7) is 16.1. The van der Waals surface area contributed by atoms with Gasteiger partial charge in [-0.1, -0.05) is 111 Å². The normalized spacial score (nSPS) is 26.8. The van der Waals surface area contributed by atoms with E-state index in [1.807, 2.05) is 20.8 Å². The van der Waals surface area contributed by atoms with E-state index in [1.54, 1.807) is 48.5 Å². The highest BCUT2D eigenvalue weighted by atomic mass is 35.5. The van der Waals surface area contributed by atoms with Crippen LogP contribution in [0.4, 0.5) is 13.2 Å². The van der Waals surface area contributed by atoms with Gasteiger partial charge >= 0.3 is 6.18 Å². The van der Waals surface area contributed by atoms with E-state index in [0.29, 0.717) is 31.2 Å². The van der Waals surface area contributed by atoms with Crippen LogP contribution in [0.3, 0.4) is 0 Å². The Labute approximate surface area is 598 Å². The number of aryl methyl sites for hydroxylation is 1. The van der Waals surface area contributed by atoms with Crippen molar-refractivity contribution >= 4 is 82.5 Å². The Morgan fingerprint density at radius 2 is 1.33 bits per heavy atom. The van der Waals surface area contributed by atoms with Crippen molar-refractivity contribution in [1.82, 2.24) is 60.9 Å². The molecule has 1 spiro atoms. The van der Waals surface area contributed by atoms with E-state index in [2.05, 4.69) is 26.6 Å². The number of hydrogen-bond acceptors (Lipinski definition) is 13. The van der Waals surface area contributed by atoms with E-state index < -0.39 is 185 Å². The molecule has 12 amide bonds. The molecule has 2 saturated carbocycles. The fourth-order valence-corrected chi connectivity index (χ4v) is 15.1. The number of likely N-dealkylation sites (N-methyl/N-ethyl adjacent to an activating group) is 5. The highest BCUT2D eigenvalue weighted by Gasteiger charge is 2.51. The maximum atomic E-state index is 15.2. The third-order valence-corrected chi connectivity index (χ3v) is 21.1. The molecule has 1 aromatic rings. The number of rotatable bonds is 14. The van der Waals surface area contributed by atoms with Crippen LogP contribution in [0.2, 0.25) is 5.02 Å². The minimum atomic E-state index is -4.76. The van der Waals surface area contributed by atoms with Crippen LogP contribution in [0.1, 0.15) is 190 Å². The minimum Gasteiger partial charge on any atom is -0.369 e. The van der Waals surface area contributed by atoms with Crippen molar-refractivity contribution < 1.29 is 75.4 Å². The van der Waals surface area contributed by atoms with Crippen molar-refractivity contribution in [2.24, 2.45) is 23.7 Å². The Kier molecular flexibility index (Phi) is 29.4. The number of nitrogens with one attached hydrogen (secondary N) is 5. The van der Waals surface area contributed by atoms with Crippen LogP contribution in [0.25, 0.3) is 0 Å². The molecule has 5 N–H and O–H groups in total. The van der Waals surface area contributed by atoms with Crippen LogP contribution in [0, 0.1) is 23.7 Å². The highest BCUT2D eigenvalue weighted by Crippen LogP contribution is 2.37. The summed E-state index contributed by atoms with van der Waals surface area (Å²) in [5, 5.41) is 13.8. The summed E-state index contributed by atoms with van der Waals surface area (Å²) in [5.41, 5.74) is -2.95. The highest BCUT2D eigenvalue weighted by molar-refractivity contribution is 6.31. The monoisotopic (exact) mass is 1440 g/mol. The zero-order valence-electron chi connectivity index (χ0n) is 62.0. The van der Waals surface area contributed by atoms with E-state index in [0.717, 1.165) is 54.0 Å². The van der Waals surface area contributed by atoms with Gasteiger partial charge in [0.05, 0.1) is 23.7 Å². The SMILES string of the molecule is CC[C@H](C)[C@@H]1NC(=O)[C@H](CC(C)C)N(C)C(=O)C[C@@H](C)NC(=O)[C@H](C(C)C)N(C)C(=O)C2(CCCC2)NC(=O)[C@@H]2CCCN2C(=O)[C@H](CCc2ccc(C(F)(F)F)c(Cl)c2)NC(=O)CN(C)C(=O)[C@H](CC2CCCCC2)N(C)C(=O)[C@@H]2CCN2C(=O)[C@H](COCC(=O)NC(C)(C)C)N(C)C1=O. The van der Waals surface area contributed by atoms with Crippen molar-refractivity contribution in [1.29, 1.82) is 0 Å². The minimum absolute atomic E-state index is 0.0201. The Morgan fingerprint density at radius 3 is 1.90 bits per heavy atom. The molecule has 2 aliphatic carbocycles. The third kappa shape index (κ3) is 21.5. The molecular weight excluding hydrogens is 1330 g/mol. The van der Waals surface area contributed by atoms with Gasteiger partial charge in [0.1, 0.15) is 60.5 Å². The van der Waals surface area contributed by atoms with Crippen LogP contribution in [-0.4, -0.2) is 239 Å². The maximum absolute atomic E-state index is 15.2. The smallest absolute Gasteiger partial charge is 0.369 e. The van der Waals surface area contributed by atoms with Crippen LogP contribution in [0.15, 0.2) is 18.2 Å². The van der Waals surface area contributed by atoms with E-state index in [9.17, 15) is 41.9 Å². The number of carbonyl (C=O) groups is 12. The molecule has 566 valence electrons. The lowest BCUT2D eigenvalue weighted by Crippen LogP contribution is -2.66. The fraction of sp³-hybridized carbons (Fsp3) is 0.750. The molecule has 3 saturated heterocycles. The third-order valence-electron chi connectivity index (χ3n) is 20.8. The molecule has 0 radical (unpaired) electrons. The molecule has 5 aliphatic rings. The zero-order chi connectivity index (χ0) is 75.3. The standard InChI is InChI=1S/C72H112ClF3N12O13/c1-16-44(6)59-68(99)85(14)55(40-101-41-57(90)80-70(8,9)10)67(98)88-34-30-52(88)66(97)84(13)54(38-46-23-18-17-19-24-46)65(96)82(11)39-56(89)78-50(29-27-47-26-28-48(49(73)37-47)72(74,75)76)64(95)87-33-22-25-51(87)62(93)81-71(31-20-21-32-71)69(100)86(15)60(43(4)5)63(94)77-45(7)36-58(91)83(12)53(35-42(2)3)61(92)79-59/h26,28,37,42-46,50-55,59-60H,16-25,27,29-36,38-41H2,1-15H3,(H,77,94)(H,78,89)(H,79,92)(H,80,90)(H,81,93)/t44-,45+,50-,51-,52-,53-,54-,55-,59-,60-/m0/s1. The largest absolute Gasteiger partial charge is 0.417 e. The number of alkyl halides is 3. The summed E-state index contributed by atoms with van der Waals surface area (Å²) in [5.74, 6) is -9.02. The maximum Gasteiger partial charge on any atom is 0.417 e. The molecule has 0 bridgehead atoms. The van der Waals surface area contributed by atoms with E-state index in [4.69, 9.17) is 16.3 Å². The van der Waals surface area contributed by atoms with Crippen LogP contribution < -0.4 is 26.6 Å². The molecule has 0 aromatic heterocycles. The summed E-state index contributed by atoms with van der Waals surface area (Å²) in [6.07, 6.45) is 1.65. The molecule has 5 fully saturated rings.